The molecule has 0 fully saturated rings. The molecule has 160 valence electrons. The molecule has 0 saturated heterocycles. The Labute approximate surface area is 208 Å². The fourth-order valence-electron chi connectivity index (χ4n) is 1.95. The zero-order valence-electron chi connectivity index (χ0n) is 15.8. The van der Waals surface area contributed by atoms with Crippen LogP contribution in [0.2, 0.25) is 0 Å². The number of fused-ring (bicyclic) bond motifs is 1. The highest BCUT2D eigenvalue weighted by Gasteiger charge is 2.08. The van der Waals surface area contributed by atoms with Crippen LogP contribution in [0.1, 0.15) is 11.4 Å². The highest BCUT2D eigenvalue weighted by molar-refractivity contribution is 9.10. The first-order chi connectivity index (χ1) is 14.4. The Morgan fingerprint density at radius 2 is 1.00 bits per heavy atom. The van der Waals surface area contributed by atoms with Crippen LogP contribution >= 0.6 is 63.7 Å². The van der Waals surface area contributed by atoms with Crippen molar-refractivity contribution in [3.8, 4) is 0 Å². The van der Waals surface area contributed by atoms with E-state index in [1.54, 1.807) is 12.1 Å². The summed E-state index contributed by atoms with van der Waals surface area (Å²) < 4.78 is 0. The Balaban J connectivity index is 0.000000243. The van der Waals surface area contributed by atoms with E-state index in [0.29, 0.717) is 11.4 Å². The van der Waals surface area contributed by atoms with Gasteiger partial charge in [-0.3, -0.25) is 9.59 Å². The lowest BCUT2D eigenvalue weighted by Crippen LogP contribution is -2.15. The molecule has 10 heteroatoms. The summed E-state index contributed by atoms with van der Waals surface area (Å²) in [4.78, 5) is 29.7. The maximum Gasteiger partial charge on any atom is 0.209 e. The Kier molecular flexibility index (Phi) is 13.0. The first-order valence-corrected chi connectivity index (χ1v) is 13.0. The second-order valence-electron chi connectivity index (χ2n) is 5.62. The van der Waals surface area contributed by atoms with Gasteiger partial charge < -0.3 is 11.5 Å². The highest BCUT2D eigenvalue weighted by Crippen LogP contribution is 2.16. The molecule has 0 aliphatic heterocycles. The lowest BCUT2D eigenvalue weighted by Gasteiger charge is -2.04. The molecule has 30 heavy (non-hydrogen) atoms. The normalized spacial score (nSPS) is 9.73. The van der Waals surface area contributed by atoms with Crippen LogP contribution in [0.3, 0.4) is 0 Å². The van der Waals surface area contributed by atoms with Gasteiger partial charge in [0.05, 0.1) is 44.5 Å². The van der Waals surface area contributed by atoms with Gasteiger partial charge in [-0.2, -0.15) is 0 Å². The minimum Gasteiger partial charge on any atom is -0.397 e. The van der Waals surface area contributed by atoms with Gasteiger partial charge in [0.2, 0.25) is 11.6 Å². The Bertz CT molecular complexity index is 908. The zero-order chi connectivity index (χ0) is 22.5. The van der Waals surface area contributed by atoms with Gasteiger partial charge in [0.15, 0.2) is 0 Å². The molecule has 1 heterocycles. The maximum absolute atomic E-state index is 10.3. The number of alkyl halides is 4. The van der Waals surface area contributed by atoms with E-state index in [9.17, 15) is 9.59 Å². The molecule has 4 N–H and O–H groups in total. The minimum absolute atomic E-state index is 0.122. The molecule has 0 amide bonds. The Morgan fingerprint density at radius 1 is 0.667 bits per heavy atom. The smallest absolute Gasteiger partial charge is 0.209 e. The predicted octanol–water partition coefficient (Wildman–Crippen LogP) is 5.19. The molecule has 0 radical (unpaired) electrons. The summed E-state index contributed by atoms with van der Waals surface area (Å²) >= 11 is 12.6. The van der Waals surface area contributed by atoms with Gasteiger partial charge >= 0.3 is 0 Å². The van der Waals surface area contributed by atoms with Crippen molar-refractivity contribution in [3.05, 3.63) is 59.9 Å². The van der Waals surface area contributed by atoms with Crippen LogP contribution in [0.15, 0.2) is 48.5 Å². The summed E-state index contributed by atoms with van der Waals surface area (Å²) in [7, 11) is 0. The number of ketones is 2. The standard InChI is InChI=1S/C10H8Br2N2.C6H8N2.C4H4Br2O2/c11-5-9-10(6-12)14-8-4-2-1-3-7(8)13-9;7-5-3-1-2-4-6(5)8;5-1-3(7)4(8)2-6/h1-4H,5-6H2;1-4H,7-8H2;1-2H2. The summed E-state index contributed by atoms with van der Waals surface area (Å²) in [5, 5.41) is 1.73. The molecular weight excluding hydrogens is 648 g/mol. The number of rotatable bonds is 5. The van der Waals surface area contributed by atoms with E-state index in [2.05, 4.69) is 73.7 Å². The number of anilines is 2. The van der Waals surface area contributed by atoms with Crippen LogP contribution in [0.25, 0.3) is 11.0 Å². The molecular formula is C20H20Br4N4O2. The van der Waals surface area contributed by atoms with Crippen LogP contribution in [0.4, 0.5) is 11.4 Å². The van der Waals surface area contributed by atoms with E-state index in [4.69, 9.17) is 11.5 Å². The third-order valence-electron chi connectivity index (χ3n) is 3.53. The lowest BCUT2D eigenvalue weighted by molar-refractivity contribution is -0.133. The van der Waals surface area contributed by atoms with Gasteiger partial charge in [-0.05, 0) is 24.3 Å². The number of aromatic nitrogens is 2. The van der Waals surface area contributed by atoms with Gasteiger partial charge in [-0.25, -0.2) is 9.97 Å². The summed E-state index contributed by atoms with van der Waals surface area (Å²) in [6.07, 6.45) is 0. The number of nitrogen functional groups attached to an aromatic ring is 2. The van der Waals surface area contributed by atoms with E-state index in [0.717, 1.165) is 33.1 Å². The molecule has 0 bridgehead atoms. The average Bonchev–Trinajstić information content (AvgIpc) is 2.79. The molecule has 0 aliphatic rings. The van der Waals surface area contributed by atoms with Gasteiger partial charge in [-0.1, -0.05) is 88.0 Å². The summed E-state index contributed by atoms with van der Waals surface area (Å²) in [5.41, 5.74) is 16.0. The lowest BCUT2D eigenvalue weighted by atomic mass is 10.2. The monoisotopic (exact) mass is 664 g/mol. The number of benzene rings is 2. The van der Waals surface area contributed by atoms with E-state index in [-0.39, 0.29) is 22.2 Å². The SMILES string of the molecule is BrCc1nc2ccccc2nc1CBr.Nc1ccccc1N.O=C(CBr)C(=O)CBr. The number of hydrogen-bond donors (Lipinski definition) is 2. The fraction of sp³-hybridized carbons (Fsp3) is 0.200. The molecule has 0 atom stereocenters. The quantitative estimate of drug-likeness (QED) is 0.220. The first kappa shape index (κ1) is 26.7. The van der Waals surface area contributed by atoms with Crippen LogP contribution in [0.5, 0.6) is 0 Å². The van der Waals surface area contributed by atoms with E-state index in [1.807, 2.05) is 36.4 Å². The second-order valence-corrected chi connectivity index (χ2v) is 7.86. The number of Topliss-reactive ketones (excluding diaryl/α,β-unsaturated/α-hetero) is 2. The molecule has 0 saturated carbocycles. The van der Waals surface area contributed by atoms with Gasteiger partial charge in [0, 0.05) is 10.7 Å². The molecule has 0 unspecified atom stereocenters. The van der Waals surface area contributed by atoms with Crippen molar-refractivity contribution in [1.82, 2.24) is 9.97 Å². The van der Waals surface area contributed by atoms with Crippen molar-refractivity contribution in [1.29, 1.82) is 0 Å². The third kappa shape index (κ3) is 8.79. The molecule has 0 spiro atoms. The number of nitrogens with two attached hydrogens (primary N) is 2. The minimum atomic E-state index is -0.387. The van der Waals surface area contributed by atoms with Crippen LogP contribution in [-0.4, -0.2) is 32.2 Å². The fourth-order valence-corrected chi connectivity index (χ4v) is 3.47. The number of para-hydroxylation sites is 4. The summed E-state index contributed by atoms with van der Waals surface area (Å²) in [6.45, 7) is 0. The number of carbonyl (C=O) groups is 2. The molecule has 0 aliphatic carbocycles. The van der Waals surface area contributed by atoms with Crippen molar-refractivity contribution in [2.24, 2.45) is 0 Å². The van der Waals surface area contributed by atoms with E-state index >= 15 is 0 Å². The van der Waals surface area contributed by atoms with Crippen molar-refractivity contribution >= 4 is 97.7 Å². The number of halogens is 4. The van der Waals surface area contributed by atoms with Gasteiger partial charge in [0.1, 0.15) is 0 Å². The largest absolute Gasteiger partial charge is 0.397 e. The second kappa shape index (κ2) is 14.6. The topological polar surface area (TPSA) is 112 Å². The maximum atomic E-state index is 10.3. The van der Waals surface area contributed by atoms with Crippen LogP contribution in [-0.2, 0) is 20.2 Å². The van der Waals surface area contributed by atoms with Crippen molar-refractivity contribution in [2.45, 2.75) is 10.7 Å². The molecule has 2 aromatic carbocycles. The zero-order valence-corrected chi connectivity index (χ0v) is 22.2. The predicted molar refractivity (Wildman–Crippen MR) is 138 cm³/mol. The van der Waals surface area contributed by atoms with Gasteiger partial charge in [0.25, 0.3) is 0 Å². The number of nitrogens with zero attached hydrogens (tertiary/aromatic N) is 2. The molecule has 3 rings (SSSR count). The molecule has 6 nitrogen and oxygen atoms in total. The average molecular weight is 668 g/mol. The van der Waals surface area contributed by atoms with Crippen molar-refractivity contribution < 1.29 is 9.59 Å². The van der Waals surface area contributed by atoms with Crippen LogP contribution in [0, 0.1) is 0 Å². The van der Waals surface area contributed by atoms with Gasteiger partial charge in [-0.15, -0.1) is 0 Å². The highest BCUT2D eigenvalue weighted by atomic mass is 79.9. The molecule has 3 aromatic rings. The summed E-state index contributed by atoms with van der Waals surface area (Å²) in [5.74, 6) is -0.774. The van der Waals surface area contributed by atoms with Crippen LogP contribution < -0.4 is 11.5 Å². The van der Waals surface area contributed by atoms with Crippen molar-refractivity contribution in [2.75, 3.05) is 22.1 Å². The number of hydrogen-bond acceptors (Lipinski definition) is 6. The first-order valence-electron chi connectivity index (χ1n) is 8.52. The van der Waals surface area contributed by atoms with E-state index in [1.165, 1.54) is 0 Å². The summed E-state index contributed by atoms with van der Waals surface area (Å²) in [6, 6.07) is 15.2. The Hall–Kier alpha value is -1.36. The Morgan fingerprint density at radius 3 is 1.27 bits per heavy atom. The van der Waals surface area contributed by atoms with E-state index < -0.39 is 0 Å². The molecule has 1 aromatic heterocycles. The van der Waals surface area contributed by atoms with Crippen molar-refractivity contribution in [3.63, 3.8) is 0 Å². The third-order valence-corrected chi connectivity index (χ3v) is 5.61. The number of carbonyl (C=O) groups excluding carboxylic acids is 2.